The van der Waals surface area contributed by atoms with Crippen LogP contribution in [0.25, 0.3) is 5.52 Å². The summed E-state index contributed by atoms with van der Waals surface area (Å²) < 4.78 is 1.79. The number of aromatic nitrogens is 3. The Morgan fingerprint density at radius 2 is 1.96 bits per heavy atom. The quantitative estimate of drug-likeness (QED) is 0.485. The molecule has 0 spiro atoms. The van der Waals surface area contributed by atoms with Crippen molar-refractivity contribution < 1.29 is 4.79 Å². The number of nitrogen functional groups attached to an aromatic ring is 1. The summed E-state index contributed by atoms with van der Waals surface area (Å²) in [4.78, 5) is 21.0. The molecule has 0 aliphatic carbocycles. The topological polar surface area (TPSA) is 85.3 Å². The second kappa shape index (κ2) is 7.70. The Labute approximate surface area is 167 Å². The van der Waals surface area contributed by atoms with Crippen LogP contribution in [0.5, 0.6) is 0 Å². The van der Waals surface area contributed by atoms with E-state index in [4.69, 9.17) is 17.3 Å². The number of benzene rings is 1. The molecule has 3 N–H and O–H groups in total. The lowest BCUT2D eigenvalue weighted by Gasteiger charge is -2.09. The van der Waals surface area contributed by atoms with Crippen LogP contribution in [0, 0.1) is 0 Å². The highest BCUT2D eigenvalue weighted by Crippen LogP contribution is 2.18. The standard InChI is InChI=1S/C21H18ClN5O/c22-16-9-17-10-19(26-13-27(17)12-16)20(28)8-14-3-1-4-15(7-14)11-25-18-5-2-6-24-21(18)23/h1-7,9-10,12-13,25H,8,11H2,(H2,23,24). The molecule has 0 saturated heterocycles. The zero-order valence-electron chi connectivity index (χ0n) is 15.0. The van der Waals surface area contributed by atoms with Crippen molar-refractivity contribution in [1.82, 2.24) is 14.4 Å². The minimum absolute atomic E-state index is 0.0403. The van der Waals surface area contributed by atoms with Gasteiger partial charge in [-0.1, -0.05) is 35.9 Å². The van der Waals surface area contributed by atoms with E-state index in [2.05, 4.69) is 15.3 Å². The number of hydrogen-bond acceptors (Lipinski definition) is 5. The van der Waals surface area contributed by atoms with Gasteiger partial charge in [0.25, 0.3) is 0 Å². The maximum atomic E-state index is 12.7. The van der Waals surface area contributed by atoms with E-state index < -0.39 is 0 Å². The number of halogens is 1. The van der Waals surface area contributed by atoms with Gasteiger partial charge in [0, 0.05) is 25.4 Å². The summed E-state index contributed by atoms with van der Waals surface area (Å²) in [6, 6.07) is 15.1. The third-order valence-corrected chi connectivity index (χ3v) is 4.62. The predicted octanol–water partition coefficient (Wildman–Crippen LogP) is 4.00. The molecule has 140 valence electrons. The van der Waals surface area contributed by atoms with Crippen LogP contribution in [0.2, 0.25) is 5.02 Å². The Morgan fingerprint density at radius 1 is 1.11 bits per heavy atom. The van der Waals surface area contributed by atoms with E-state index in [1.165, 1.54) is 0 Å². The molecule has 0 saturated carbocycles. The van der Waals surface area contributed by atoms with Crippen molar-refractivity contribution in [1.29, 1.82) is 0 Å². The van der Waals surface area contributed by atoms with Crippen molar-refractivity contribution in [3.8, 4) is 0 Å². The molecule has 3 aromatic heterocycles. The van der Waals surface area contributed by atoms with E-state index in [0.717, 1.165) is 22.3 Å². The molecule has 0 atom stereocenters. The fourth-order valence-corrected chi connectivity index (χ4v) is 3.24. The summed E-state index contributed by atoms with van der Waals surface area (Å²) in [7, 11) is 0. The minimum Gasteiger partial charge on any atom is -0.382 e. The van der Waals surface area contributed by atoms with Gasteiger partial charge in [0.15, 0.2) is 5.78 Å². The van der Waals surface area contributed by atoms with Crippen LogP contribution in [0.3, 0.4) is 0 Å². The molecular weight excluding hydrogens is 374 g/mol. The van der Waals surface area contributed by atoms with Crippen molar-refractivity contribution in [3.63, 3.8) is 0 Å². The summed E-state index contributed by atoms with van der Waals surface area (Å²) in [6.07, 6.45) is 5.29. The van der Waals surface area contributed by atoms with Crippen LogP contribution in [-0.4, -0.2) is 20.2 Å². The van der Waals surface area contributed by atoms with Gasteiger partial charge in [-0.25, -0.2) is 9.97 Å². The predicted molar refractivity (Wildman–Crippen MR) is 111 cm³/mol. The van der Waals surface area contributed by atoms with E-state index in [0.29, 0.717) is 23.1 Å². The van der Waals surface area contributed by atoms with E-state index >= 15 is 0 Å². The van der Waals surface area contributed by atoms with Crippen LogP contribution in [0.1, 0.15) is 21.6 Å². The van der Waals surface area contributed by atoms with Gasteiger partial charge >= 0.3 is 0 Å². The molecule has 0 bridgehead atoms. The van der Waals surface area contributed by atoms with Crippen molar-refractivity contribution in [2.75, 3.05) is 11.1 Å². The second-order valence-corrected chi connectivity index (χ2v) is 6.91. The van der Waals surface area contributed by atoms with Gasteiger partial charge in [0.2, 0.25) is 0 Å². The van der Waals surface area contributed by atoms with E-state index in [1.54, 1.807) is 35.3 Å². The van der Waals surface area contributed by atoms with E-state index in [9.17, 15) is 4.79 Å². The summed E-state index contributed by atoms with van der Waals surface area (Å²) in [6.45, 7) is 0.588. The molecule has 4 rings (SSSR count). The van der Waals surface area contributed by atoms with Gasteiger partial charge < -0.3 is 15.5 Å². The van der Waals surface area contributed by atoms with Gasteiger partial charge in [-0.15, -0.1) is 0 Å². The van der Waals surface area contributed by atoms with Crippen molar-refractivity contribution in [2.45, 2.75) is 13.0 Å². The zero-order valence-corrected chi connectivity index (χ0v) is 15.7. The molecule has 0 amide bonds. The summed E-state index contributed by atoms with van der Waals surface area (Å²) in [5, 5.41) is 3.88. The first-order valence-corrected chi connectivity index (χ1v) is 9.15. The Morgan fingerprint density at radius 3 is 2.82 bits per heavy atom. The monoisotopic (exact) mass is 391 g/mol. The highest BCUT2D eigenvalue weighted by molar-refractivity contribution is 6.31. The maximum Gasteiger partial charge on any atom is 0.185 e. The van der Waals surface area contributed by atoms with Crippen molar-refractivity contribution >= 4 is 34.4 Å². The average Bonchev–Trinajstić information content (AvgIpc) is 3.07. The van der Waals surface area contributed by atoms with Crippen LogP contribution < -0.4 is 11.1 Å². The third-order valence-electron chi connectivity index (χ3n) is 4.42. The van der Waals surface area contributed by atoms with Gasteiger partial charge in [-0.3, -0.25) is 4.79 Å². The number of rotatable bonds is 6. The highest BCUT2D eigenvalue weighted by atomic mass is 35.5. The number of anilines is 2. The smallest absolute Gasteiger partial charge is 0.185 e. The number of nitrogens with two attached hydrogens (primary N) is 1. The lowest BCUT2D eigenvalue weighted by atomic mass is 10.0. The number of ketones is 1. The van der Waals surface area contributed by atoms with Crippen LogP contribution >= 0.6 is 11.6 Å². The molecule has 7 heteroatoms. The summed E-state index contributed by atoms with van der Waals surface area (Å²) >= 11 is 5.99. The molecule has 0 aliphatic rings. The number of fused-ring (bicyclic) bond motifs is 1. The van der Waals surface area contributed by atoms with Gasteiger partial charge in [-0.2, -0.15) is 0 Å². The lowest BCUT2D eigenvalue weighted by Crippen LogP contribution is -2.08. The summed E-state index contributed by atoms with van der Waals surface area (Å²) in [5.74, 6) is 0.419. The molecule has 0 radical (unpaired) electrons. The van der Waals surface area contributed by atoms with Gasteiger partial charge in [-0.05, 0) is 35.4 Å². The van der Waals surface area contributed by atoms with Crippen LogP contribution in [0.15, 0.2) is 67.3 Å². The van der Waals surface area contributed by atoms with Crippen LogP contribution in [-0.2, 0) is 13.0 Å². The van der Waals surface area contributed by atoms with E-state index in [-0.39, 0.29) is 12.2 Å². The molecule has 6 nitrogen and oxygen atoms in total. The SMILES string of the molecule is Nc1ncccc1NCc1cccc(CC(=O)c2cc3cc(Cl)cn3cn2)c1. The first kappa shape index (κ1) is 18.0. The number of carbonyl (C=O) groups excluding carboxylic acids is 1. The Hall–Kier alpha value is -3.38. The summed E-state index contributed by atoms with van der Waals surface area (Å²) in [5.41, 5.74) is 9.88. The van der Waals surface area contributed by atoms with Gasteiger partial charge in [0.1, 0.15) is 11.5 Å². The highest BCUT2D eigenvalue weighted by Gasteiger charge is 2.11. The third kappa shape index (κ3) is 3.97. The molecule has 3 heterocycles. The molecule has 0 fully saturated rings. The first-order chi connectivity index (χ1) is 13.6. The maximum absolute atomic E-state index is 12.7. The normalized spacial score (nSPS) is 10.9. The number of carbonyl (C=O) groups is 1. The molecule has 28 heavy (non-hydrogen) atoms. The minimum atomic E-state index is -0.0403. The van der Waals surface area contributed by atoms with Crippen LogP contribution in [0.4, 0.5) is 11.5 Å². The lowest BCUT2D eigenvalue weighted by molar-refractivity contribution is 0.0988. The van der Waals surface area contributed by atoms with Crippen molar-refractivity contribution in [3.05, 3.63) is 89.1 Å². The molecule has 0 unspecified atom stereocenters. The second-order valence-electron chi connectivity index (χ2n) is 6.47. The number of Topliss-reactive ketones (excluding diaryl/α,β-unsaturated/α-hetero) is 1. The fraction of sp³-hybridized carbons (Fsp3) is 0.0952. The molecule has 0 aliphatic heterocycles. The number of hydrogen-bond donors (Lipinski definition) is 2. The number of pyridine rings is 1. The molecule has 4 aromatic rings. The average molecular weight is 392 g/mol. The largest absolute Gasteiger partial charge is 0.382 e. The Bertz CT molecular complexity index is 1150. The number of nitrogens with zero attached hydrogens (tertiary/aromatic N) is 3. The Balaban J connectivity index is 1.46. The Kier molecular flexibility index (Phi) is 4.95. The zero-order chi connectivity index (χ0) is 19.5. The van der Waals surface area contributed by atoms with E-state index in [1.807, 2.05) is 36.4 Å². The van der Waals surface area contributed by atoms with Gasteiger partial charge in [0.05, 0.1) is 22.6 Å². The fourth-order valence-electron chi connectivity index (χ4n) is 3.02. The first-order valence-electron chi connectivity index (χ1n) is 8.77. The molecular formula is C21H18ClN5O. The molecule has 1 aromatic carbocycles. The number of nitrogens with one attached hydrogen (secondary N) is 1. The van der Waals surface area contributed by atoms with Crippen molar-refractivity contribution in [2.24, 2.45) is 0 Å².